The van der Waals surface area contributed by atoms with Crippen molar-refractivity contribution in [2.45, 2.75) is 6.54 Å². The highest BCUT2D eigenvalue weighted by Crippen LogP contribution is 2.21. The molecule has 3 rings (SSSR count). The smallest absolute Gasteiger partial charge is 0.352 e. The monoisotopic (exact) mass is 294 g/mol. The van der Waals surface area contributed by atoms with Crippen LogP contribution in [0.5, 0.6) is 0 Å². The quantitative estimate of drug-likeness (QED) is 0.756. The lowest BCUT2D eigenvalue weighted by Crippen LogP contribution is -2.10. The standard InChI is InChI=1S/C17H11FN2O2/c1-2-11-3-4-13(14(18)7-11)10-20-15(17(21)22)8-12-5-6-19-9-16(12)20/h1,3-9H,10H2,(H,21,22). The fourth-order valence-electron chi connectivity index (χ4n) is 2.38. The first-order valence-corrected chi connectivity index (χ1v) is 6.51. The Morgan fingerprint density at radius 1 is 1.36 bits per heavy atom. The highest BCUT2D eigenvalue weighted by atomic mass is 19.1. The van der Waals surface area contributed by atoms with Gasteiger partial charge in [0.1, 0.15) is 11.5 Å². The second kappa shape index (κ2) is 5.34. The van der Waals surface area contributed by atoms with Crippen LogP contribution >= 0.6 is 0 Å². The molecule has 2 aromatic heterocycles. The maximum Gasteiger partial charge on any atom is 0.352 e. The van der Waals surface area contributed by atoms with E-state index in [1.807, 2.05) is 0 Å². The van der Waals surface area contributed by atoms with Crippen LogP contribution < -0.4 is 0 Å². The maximum atomic E-state index is 14.1. The van der Waals surface area contributed by atoms with Gasteiger partial charge >= 0.3 is 5.97 Å². The van der Waals surface area contributed by atoms with Crippen LogP contribution in [0.2, 0.25) is 0 Å². The number of aromatic carboxylic acids is 1. The Balaban J connectivity index is 2.12. The lowest BCUT2D eigenvalue weighted by Gasteiger charge is -2.09. The molecule has 0 bridgehead atoms. The molecule has 0 fully saturated rings. The van der Waals surface area contributed by atoms with Crippen LogP contribution in [-0.2, 0) is 6.54 Å². The third-order valence-electron chi connectivity index (χ3n) is 3.47. The molecule has 0 aliphatic carbocycles. The second-order valence-corrected chi connectivity index (χ2v) is 4.81. The van der Waals surface area contributed by atoms with E-state index in [-0.39, 0.29) is 12.2 Å². The normalized spacial score (nSPS) is 10.5. The summed E-state index contributed by atoms with van der Waals surface area (Å²) in [5.74, 6) is 0.829. The van der Waals surface area contributed by atoms with Gasteiger partial charge in [0, 0.05) is 22.7 Å². The van der Waals surface area contributed by atoms with Crippen molar-refractivity contribution in [3.8, 4) is 12.3 Å². The second-order valence-electron chi connectivity index (χ2n) is 4.81. The molecule has 2 heterocycles. The van der Waals surface area contributed by atoms with Crippen LogP contribution in [0, 0.1) is 18.2 Å². The average Bonchev–Trinajstić information content (AvgIpc) is 2.88. The van der Waals surface area contributed by atoms with Gasteiger partial charge < -0.3 is 9.67 Å². The SMILES string of the molecule is C#Cc1ccc(Cn2c(C(=O)O)cc3ccncc32)c(F)c1. The van der Waals surface area contributed by atoms with Crippen LogP contribution in [0.3, 0.4) is 0 Å². The van der Waals surface area contributed by atoms with E-state index in [2.05, 4.69) is 10.9 Å². The zero-order valence-electron chi connectivity index (χ0n) is 11.5. The Morgan fingerprint density at radius 2 is 2.18 bits per heavy atom. The third kappa shape index (κ3) is 2.31. The van der Waals surface area contributed by atoms with E-state index in [0.717, 1.165) is 5.39 Å². The number of fused-ring (bicyclic) bond motifs is 1. The van der Waals surface area contributed by atoms with E-state index in [0.29, 0.717) is 16.6 Å². The first-order valence-electron chi connectivity index (χ1n) is 6.51. The topological polar surface area (TPSA) is 55.1 Å². The fourth-order valence-corrected chi connectivity index (χ4v) is 2.38. The Bertz CT molecular complexity index is 922. The van der Waals surface area contributed by atoms with E-state index in [1.165, 1.54) is 10.6 Å². The molecule has 0 unspecified atom stereocenters. The number of terminal acetylenes is 1. The summed E-state index contributed by atoms with van der Waals surface area (Å²) in [6.07, 6.45) is 8.38. The number of carboxylic acid groups (broad SMARTS) is 1. The Morgan fingerprint density at radius 3 is 2.86 bits per heavy atom. The largest absolute Gasteiger partial charge is 0.477 e. The molecule has 0 aliphatic heterocycles. The molecule has 0 aliphatic rings. The number of rotatable bonds is 3. The molecule has 3 aromatic rings. The third-order valence-corrected chi connectivity index (χ3v) is 3.47. The van der Waals surface area contributed by atoms with Gasteiger partial charge in [0.05, 0.1) is 18.3 Å². The molecule has 1 aromatic carbocycles. The van der Waals surface area contributed by atoms with Crippen LogP contribution in [0.15, 0.2) is 42.7 Å². The van der Waals surface area contributed by atoms with Crippen molar-refractivity contribution in [1.29, 1.82) is 0 Å². The van der Waals surface area contributed by atoms with Crippen molar-refractivity contribution in [3.05, 3.63) is 65.4 Å². The molecule has 4 nitrogen and oxygen atoms in total. The lowest BCUT2D eigenvalue weighted by atomic mass is 10.1. The highest BCUT2D eigenvalue weighted by Gasteiger charge is 2.16. The highest BCUT2D eigenvalue weighted by molar-refractivity contribution is 5.94. The van der Waals surface area contributed by atoms with E-state index in [4.69, 9.17) is 6.42 Å². The Kier molecular flexibility index (Phi) is 3.36. The zero-order valence-corrected chi connectivity index (χ0v) is 11.5. The van der Waals surface area contributed by atoms with Crippen LogP contribution in [0.25, 0.3) is 10.9 Å². The van der Waals surface area contributed by atoms with Crippen molar-refractivity contribution in [3.63, 3.8) is 0 Å². The van der Waals surface area contributed by atoms with Gasteiger partial charge in [0.2, 0.25) is 0 Å². The average molecular weight is 294 g/mol. The summed E-state index contributed by atoms with van der Waals surface area (Å²) < 4.78 is 15.6. The molecule has 0 saturated heterocycles. The zero-order chi connectivity index (χ0) is 15.7. The number of hydrogen-bond donors (Lipinski definition) is 1. The minimum Gasteiger partial charge on any atom is -0.477 e. The van der Waals surface area contributed by atoms with E-state index in [9.17, 15) is 14.3 Å². The summed E-state index contributed by atoms with van der Waals surface area (Å²) in [7, 11) is 0. The molecular formula is C17H11FN2O2. The number of carbonyl (C=O) groups is 1. The number of pyridine rings is 1. The number of hydrogen-bond acceptors (Lipinski definition) is 2. The van der Waals surface area contributed by atoms with Gasteiger partial charge in [-0.15, -0.1) is 6.42 Å². The Hall–Kier alpha value is -3.13. The number of halogens is 1. The molecule has 0 saturated carbocycles. The summed E-state index contributed by atoms with van der Waals surface area (Å²) in [5, 5.41) is 10.1. The van der Waals surface area contributed by atoms with Crippen LogP contribution in [0.1, 0.15) is 21.6 Å². The van der Waals surface area contributed by atoms with E-state index < -0.39 is 11.8 Å². The molecule has 0 radical (unpaired) electrons. The van der Waals surface area contributed by atoms with Crippen molar-refractivity contribution in [2.75, 3.05) is 0 Å². The molecular weight excluding hydrogens is 283 g/mol. The molecule has 0 spiro atoms. The number of benzene rings is 1. The van der Waals surface area contributed by atoms with Crippen molar-refractivity contribution >= 4 is 16.9 Å². The first kappa shape index (κ1) is 13.8. The predicted octanol–water partition coefficient (Wildman–Crippen LogP) is 2.90. The summed E-state index contributed by atoms with van der Waals surface area (Å²) in [4.78, 5) is 15.4. The van der Waals surface area contributed by atoms with Crippen molar-refractivity contribution < 1.29 is 14.3 Å². The lowest BCUT2D eigenvalue weighted by molar-refractivity contribution is 0.0686. The minimum atomic E-state index is -1.07. The number of carboxylic acids is 1. The predicted molar refractivity (Wildman–Crippen MR) is 80.1 cm³/mol. The molecule has 22 heavy (non-hydrogen) atoms. The van der Waals surface area contributed by atoms with Crippen molar-refractivity contribution in [2.24, 2.45) is 0 Å². The van der Waals surface area contributed by atoms with Gasteiger partial charge in [0.15, 0.2) is 0 Å². The van der Waals surface area contributed by atoms with Gasteiger partial charge in [-0.2, -0.15) is 0 Å². The van der Waals surface area contributed by atoms with Gasteiger partial charge in [-0.1, -0.05) is 12.0 Å². The molecule has 0 amide bonds. The number of nitrogens with zero attached hydrogens (tertiary/aromatic N) is 2. The van der Waals surface area contributed by atoms with E-state index >= 15 is 0 Å². The maximum absolute atomic E-state index is 14.1. The summed E-state index contributed by atoms with van der Waals surface area (Å²) in [6.45, 7) is 0.0908. The minimum absolute atomic E-state index is 0.0865. The van der Waals surface area contributed by atoms with Gasteiger partial charge in [-0.25, -0.2) is 9.18 Å². The van der Waals surface area contributed by atoms with Gasteiger partial charge in [0.25, 0.3) is 0 Å². The summed E-state index contributed by atoms with van der Waals surface area (Å²) in [6, 6.07) is 7.73. The van der Waals surface area contributed by atoms with Crippen LogP contribution in [-0.4, -0.2) is 20.6 Å². The van der Waals surface area contributed by atoms with E-state index in [1.54, 1.807) is 36.7 Å². The first-order chi connectivity index (χ1) is 10.6. The molecule has 108 valence electrons. The van der Waals surface area contributed by atoms with Crippen LogP contribution in [0.4, 0.5) is 4.39 Å². The fraction of sp³-hybridized carbons (Fsp3) is 0.0588. The molecule has 0 atom stereocenters. The summed E-state index contributed by atoms with van der Waals surface area (Å²) in [5.41, 5.74) is 1.53. The Labute approximate surface area is 125 Å². The molecule has 5 heteroatoms. The molecule has 1 N–H and O–H groups in total. The van der Waals surface area contributed by atoms with Gasteiger partial charge in [-0.3, -0.25) is 4.98 Å². The van der Waals surface area contributed by atoms with Crippen molar-refractivity contribution in [1.82, 2.24) is 9.55 Å². The van der Waals surface area contributed by atoms with Gasteiger partial charge in [-0.05, 0) is 24.3 Å². The summed E-state index contributed by atoms with van der Waals surface area (Å²) >= 11 is 0. The number of aromatic nitrogens is 2.